The monoisotopic (exact) mass is 458 g/mol. The lowest BCUT2D eigenvalue weighted by atomic mass is 9.64. The number of amides is 1. The molecule has 1 aliphatic carbocycles. The number of hydrogen-bond acceptors (Lipinski definition) is 6. The van der Waals surface area contributed by atoms with Crippen LogP contribution in [-0.4, -0.2) is 30.8 Å². The molecule has 0 aromatic heterocycles. The zero-order valence-electron chi connectivity index (χ0n) is 19.0. The van der Waals surface area contributed by atoms with Crippen LogP contribution in [0, 0.1) is 0 Å². The number of para-hydroxylation sites is 1. The average Bonchev–Trinajstić information content (AvgIpc) is 3.06. The molecule has 174 valence electrons. The summed E-state index contributed by atoms with van der Waals surface area (Å²) in [4.78, 5) is 42.7. The van der Waals surface area contributed by atoms with Crippen molar-refractivity contribution in [3.63, 3.8) is 0 Å². The maximum atomic E-state index is 14.4. The van der Waals surface area contributed by atoms with Crippen molar-refractivity contribution in [3.8, 4) is 0 Å². The van der Waals surface area contributed by atoms with Gasteiger partial charge < -0.3 is 20.1 Å². The van der Waals surface area contributed by atoms with E-state index in [1.165, 1.54) is 0 Å². The molecule has 34 heavy (non-hydrogen) atoms. The van der Waals surface area contributed by atoms with Gasteiger partial charge in [0.2, 0.25) is 11.8 Å². The fourth-order valence-electron chi connectivity index (χ4n) is 5.33. The van der Waals surface area contributed by atoms with Crippen molar-refractivity contribution in [2.75, 3.05) is 18.1 Å². The molecule has 2 heterocycles. The number of carbonyl (C=O) groups is 3. The molecule has 1 spiro atoms. The normalized spacial score (nSPS) is 21.5. The van der Waals surface area contributed by atoms with Crippen LogP contribution in [0.15, 0.2) is 77.4 Å². The lowest BCUT2D eigenvalue weighted by Gasteiger charge is -2.38. The highest BCUT2D eigenvalue weighted by molar-refractivity contribution is 6.23. The molecule has 3 aliphatic rings. The number of rotatable bonds is 5. The Morgan fingerprint density at radius 1 is 1.09 bits per heavy atom. The SMILES string of the molecule is CCOC(=O)C1=C(N)OC2=C(C(=O)CCC2)C12C(=O)N(CCc1ccccc1)c1ccccc12. The van der Waals surface area contributed by atoms with Crippen LogP contribution in [-0.2, 0) is 35.7 Å². The molecule has 1 unspecified atom stereocenters. The molecule has 0 radical (unpaired) electrons. The van der Waals surface area contributed by atoms with E-state index in [0.717, 1.165) is 5.56 Å². The second-order valence-corrected chi connectivity index (χ2v) is 8.60. The molecule has 0 fully saturated rings. The summed E-state index contributed by atoms with van der Waals surface area (Å²) in [5, 5.41) is 0. The van der Waals surface area contributed by atoms with Crippen molar-refractivity contribution >= 4 is 23.3 Å². The Kier molecular flexibility index (Phi) is 5.48. The van der Waals surface area contributed by atoms with Crippen molar-refractivity contribution in [1.29, 1.82) is 0 Å². The van der Waals surface area contributed by atoms with E-state index in [1.54, 1.807) is 24.0 Å². The Bertz CT molecular complexity index is 1250. The third-order valence-corrected chi connectivity index (χ3v) is 6.71. The molecule has 0 saturated heterocycles. The highest BCUT2D eigenvalue weighted by Gasteiger charge is 2.63. The molecule has 2 N–H and O–H groups in total. The summed E-state index contributed by atoms with van der Waals surface area (Å²) in [5.74, 6) is -1.14. The van der Waals surface area contributed by atoms with Gasteiger partial charge in [0, 0.05) is 30.6 Å². The number of ketones is 1. The number of esters is 1. The standard InChI is InChI=1S/C27H26N2O5/c1-2-33-25(31)23-24(28)34-21-14-8-13-20(30)22(21)27(23)18-11-6-7-12-19(18)29(26(27)32)16-15-17-9-4-3-5-10-17/h3-7,9-12H,2,8,13-16,28H2,1H3. The van der Waals surface area contributed by atoms with Crippen molar-refractivity contribution < 1.29 is 23.9 Å². The van der Waals surface area contributed by atoms with Gasteiger partial charge in [0.25, 0.3) is 0 Å². The van der Waals surface area contributed by atoms with Gasteiger partial charge in [0.1, 0.15) is 16.7 Å². The summed E-state index contributed by atoms with van der Waals surface area (Å²) in [7, 11) is 0. The molecule has 0 bridgehead atoms. The maximum absolute atomic E-state index is 14.4. The fourth-order valence-corrected chi connectivity index (χ4v) is 5.33. The minimum Gasteiger partial charge on any atom is -0.462 e. The highest BCUT2D eigenvalue weighted by atomic mass is 16.5. The quantitative estimate of drug-likeness (QED) is 0.691. The summed E-state index contributed by atoms with van der Waals surface area (Å²) in [6.45, 7) is 2.16. The lowest BCUT2D eigenvalue weighted by molar-refractivity contribution is -0.141. The number of anilines is 1. The lowest BCUT2D eigenvalue weighted by Crippen LogP contribution is -2.51. The third-order valence-electron chi connectivity index (χ3n) is 6.71. The van der Waals surface area contributed by atoms with E-state index in [1.807, 2.05) is 42.5 Å². The van der Waals surface area contributed by atoms with Gasteiger partial charge in [-0.25, -0.2) is 4.79 Å². The number of Topliss-reactive ketones (excluding diaryl/α,β-unsaturated/α-hetero) is 1. The van der Waals surface area contributed by atoms with Crippen LogP contribution in [0.5, 0.6) is 0 Å². The highest BCUT2D eigenvalue weighted by Crippen LogP contribution is 2.56. The van der Waals surface area contributed by atoms with E-state index in [9.17, 15) is 14.4 Å². The largest absolute Gasteiger partial charge is 0.462 e. The summed E-state index contributed by atoms with van der Waals surface area (Å²) in [6, 6.07) is 17.1. The van der Waals surface area contributed by atoms with Crippen LogP contribution in [0.2, 0.25) is 0 Å². The molecule has 1 amide bonds. The Balaban J connectivity index is 1.71. The minimum absolute atomic E-state index is 0.0963. The van der Waals surface area contributed by atoms with E-state index in [4.69, 9.17) is 15.2 Å². The van der Waals surface area contributed by atoms with Crippen LogP contribution < -0.4 is 10.6 Å². The Hall–Kier alpha value is -3.87. The van der Waals surface area contributed by atoms with Gasteiger partial charge in [-0.3, -0.25) is 9.59 Å². The molecule has 5 rings (SSSR count). The van der Waals surface area contributed by atoms with E-state index in [-0.39, 0.29) is 41.7 Å². The molecule has 2 aromatic rings. The summed E-state index contributed by atoms with van der Waals surface area (Å²) in [6.07, 6.45) is 1.96. The predicted molar refractivity (Wildman–Crippen MR) is 125 cm³/mol. The number of hydrogen-bond donors (Lipinski definition) is 1. The van der Waals surface area contributed by atoms with E-state index in [2.05, 4.69) is 0 Å². The molecule has 7 heteroatoms. The first-order chi connectivity index (χ1) is 16.5. The summed E-state index contributed by atoms with van der Waals surface area (Å²) >= 11 is 0. The van der Waals surface area contributed by atoms with Crippen molar-refractivity contribution in [2.45, 2.75) is 38.0 Å². The molecule has 1 atom stereocenters. The number of nitrogens with zero attached hydrogens (tertiary/aromatic N) is 1. The molecular formula is C27H26N2O5. The van der Waals surface area contributed by atoms with E-state index < -0.39 is 11.4 Å². The first kappa shape index (κ1) is 21.9. The molecular weight excluding hydrogens is 432 g/mol. The smallest absolute Gasteiger partial charge is 0.341 e. The second kappa shape index (κ2) is 8.48. The maximum Gasteiger partial charge on any atom is 0.341 e. The molecule has 2 aromatic carbocycles. The van der Waals surface area contributed by atoms with Gasteiger partial charge in [-0.1, -0.05) is 48.5 Å². The Labute approximate surface area is 197 Å². The van der Waals surface area contributed by atoms with Crippen LogP contribution in [0.3, 0.4) is 0 Å². The fraction of sp³-hybridized carbons (Fsp3) is 0.296. The number of nitrogens with two attached hydrogens (primary N) is 1. The molecule has 7 nitrogen and oxygen atoms in total. The molecule has 2 aliphatic heterocycles. The zero-order chi connectivity index (χ0) is 23.9. The van der Waals surface area contributed by atoms with Crippen LogP contribution in [0.1, 0.15) is 37.3 Å². The van der Waals surface area contributed by atoms with E-state index in [0.29, 0.717) is 42.8 Å². The number of ether oxygens (including phenoxy) is 2. The second-order valence-electron chi connectivity index (χ2n) is 8.60. The Morgan fingerprint density at radius 3 is 2.59 bits per heavy atom. The van der Waals surface area contributed by atoms with Crippen LogP contribution in [0.25, 0.3) is 0 Å². The van der Waals surface area contributed by atoms with Gasteiger partial charge in [0.05, 0.1) is 12.2 Å². The predicted octanol–water partition coefficient (Wildman–Crippen LogP) is 3.28. The summed E-state index contributed by atoms with van der Waals surface area (Å²) < 4.78 is 11.1. The number of benzene rings is 2. The average molecular weight is 459 g/mol. The number of allylic oxidation sites excluding steroid dienone is 1. The van der Waals surface area contributed by atoms with E-state index >= 15 is 0 Å². The number of fused-ring (bicyclic) bond motifs is 3. The van der Waals surface area contributed by atoms with Crippen molar-refractivity contribution in [1.82, 2.24) is 0 Å². The van der Waals surface area contributed by atoms with Crippen molar-refractivity contribution in [3.05, 3.63) is 88.5 Å². The van der Waals surface area contributed by atoms with Gasteiger partial charge in [-0.15, -0.1) is 0 Å². The minimum atomic E-state index is -1.67. The van der Waals surface area contributed by atoms with Gasteiger partial charge in [0.15, 0.2) is 5.78 Å². The van der Waals surface area contributed by atoms with Gasteiger partial charge in [-0.2, -0.15) is 0 Å². The first-order valence-corrected chi connectivity index (χ1v) is 11.6. The third kappa shape index (κ3) is 3.15. The zero-order valence-corrected chi connectivity index (χ0v) is 19.0. The van der Waals surface area contributed by atoms with Gasteiger partial charge in [-0.05, 0) is 31.4 Å². The molecule has 0 saturated carbocycles. The van der Waals surface area contributed by atoms with Crippen LogP contribution in [0.4, 0.5) is 5.69 Å². The first-order valence-electron chi connectivity index (χ1n) is 11.6. The van der Waals surface area contributed by atoms with Crippen molar-refractivity contribution in [2.24, 2.45) is 5.73 Å². The van der Waals surface area contributed by atoms with Crippen LogP contribution >= 0.6 is 0 Å². The Morgan fingerprint density at radius 2 is 1.82 bits per heavy atom. The van der Waals surface area contributed by atoms with Gasteiger partial charge >= 0.3 is 5.97 Å². The number of carbonyl (C=O) groups excluding carboxylic acids is 3. The summed E-state index contributed by atoms with van der Waals surface area (Å²) in [5.41, 5.74) is 7.02. The topological polar surface area (TPSA) is 98.9 Å².